The summed E-state index contributed by atoms with van der Waals surface area (Å²) in [4.78, 5) is 23.3. The number of rotatable bonds is 5. The van der Waals surface area contributed by atoms with E-state index in [4.69, 9.17) is 9.47 Å². The highest BCUT2D eigenvalue weighted by atomic mass is 16.5. The number of carbonyl (C=O) groups is 2. The second-order valence-electron chi connectivity index (χ2n) is 4.78. The minimum absolute atomic E-state index is 0.0789. The van der Waals surface area contributed by atoms with Crippen molar-refractivity contribution < 1.29 is 19.1 Å². The first-order valence-electron chi connectivity index (χ1n) is 6.62. The summed E-state index contributed by atoms with van der Waals surface area (Å²) < 4.78 is 11.9. The van der Waals surface area contributed by atoms with E-state index in [0.29, 0.717) is 17.8 Å². The lowest BCUT2D eigenvalue weighted by atomic mass is 10.2. The molecule has 1 atom stereocenters. The Morgan fingerprint density at radius 3 is 3.00 bits per heavy atom. The summed E-state index contributed by atoms with van der Waals surface area (Å²) in [5, 5.41) is 6.64. The van der Waals surface area contributed by atoms with Gasteiger partial charge in [0.15, 0.2) is 6.61 Å². The summed E-state index contributed by atoms with van der Waals surface area (Å²) >= 11 is 0. The van der Waals surface area contributed by atoms with Gasteiger partial charge in [-0.2, -0.15) is 5.10 Å². The van der Waals surface area contributed by atoms with Crippen molar-refractivity contribution in [1.29, 1.82) is 0 Å². The predicted octanol–water partition coefficient (Wildman–Crippen LogP) is 0.181. The van der Waals surface area contributed by atoms with Crippen molar-refractivity contribution in [1.82, 2.24) is 15.1 Å². The zero-order valence-corrected chi connectivity index (χ0v) is 11.7. The van der Waals surface area contributed by atoms with Gasteiger partial charge >= 0.3 is 5.97 Å². The zero-order chi connectivity index (χ0) is 14.5. The first-order chi connectivity index (χ1) is 9.58. The Kier molecular flexibility index (Phi) is 4.73. The van der Waals surface area contributed by atoms with Crippen molar-refractivity contribution in [2.45, 2.75) is 25.9 Å². The van der Waals surface area contributed by atoms with Gasteiger partial charge in [-0.05, 0) is 19.8 Å². The van der Waals surface area contributed by atoms with Gasteiger partial charge in [-0.3, -0.25) is 9.48 Å². The average molecular weight is 281 g/mol. The number of hydrogen-bond acceptors (Lipinski definition) is 5. The average Bonchev–Trinajstić information content (AvgIpc) is 3.05. The third-order valence-electron chi connectivity index (χ3n) is 3.34. The first-order valence-corrected chi connectivity index (χ1v) is 6.62. The minimum atomic E-state index is -0.539. The molecule has 1 amide bonds. The van der Waals surface area contributed by atoms with Crippen LogP contribution in [0.2, 0.25) is 0 Å². The molecule has 7 nitrogen and oxygen atoms in total. The first kappa shape index (κ1) is 14.5. The van der Waals surface area contributed by atoms with E-state index >= 15 is 0 Å². The summed E-state index contributed by atoms with van der Waals surface area (Å²) in [6.45, 7) is 2.68. The van der Waals surface area contributed by atoms with Crippen molar-refractivity contribution in [3.63, 3.8) is 0 Å². The Hall–Kier alpha value is -1.89. The maximum atomic E-state index is 11.8. The van der Waals surface area contributed by atoms with Crippen molar-refractivity contribution >= 4 is 11.9 Å². The van der Waals surface area contributed by atoms with Gasteiger partial charge < -0.3 is 14.8 Å². The quantitative estimate of drug-likeness (QED) is 0.779. The molecule has 0 aromatic carbocycles. The van der Waals surface area contributed by atoms with Crippen LogP contribution in [0.1, 0.15) is 28.9 Å². The molecule has 0 aliphatic carbocycles. The molecule has 1 aromatic heterocycles. The molecule has 110 valence electrons. The topological polar surface area (TPSA) is 82.5 Å². The van der Waals surface area contributed by atoms with Crippen LogP contribution in [-0.4, -0.2) is 47.5 Å². The van der Waals surface area contributed by atoms with Crippen LogP contribution in [-0.2, 0) is 21.3 Å². The maximum absolute atomic E-state index is 11.8. The fourth-order valence-corrected chi connectivity index (χ4v) is 1.99. The number of carbonyl (C=O) groups excluding carboxylic acids is 2. The summed E-state index contributed by atoms with van der Waals surface area (Å²) in [6.07, 6.45) is 3.49. The molecule has 1 unspecified atom stereocenters. The summed E-state index contributed by atoms with van der Waals surface area (Å²) in [6, 6.07) is 0. The van der Waals surface area contributed by atoms with E-state index in [0.717, 1.165) is 19.4 Å². The standard InChI is InChI=1S/C13H19N3O4/c1-9-11(7-15-16(9)2)13(18)20-8-12(17)14-6-10-4-3-5-19-10/h7,10H,3-6,8H2,1-2H3,(H,14,17). The monoisotopic (exact) mass is 281 g/mol. The highest BCUT2D eigenvalue weighted by Gasteiger charge is 2.18. The number of esters is 1. The molecule has 1 saturated heterocycles. The number of ether oxygens (including phenoxy) is 2. The maximum Gasteiger partial charge on any atom is 0.342 e. The van der Waals surface area contributed by atoms with Crippen LogP contribution in [0, 0.1) is 6.92 Å². The van der Waals surface area contributed by atoms with Gasteiger partial charge in [0.05, 0.1) is 12.3 Å². The van der Waals surface area contributed by atoms with Crippen LogP contribution in [0.3, 0.4) is 0 Å². The number of aromatic nitrogens is 2. The summed E-state index contributed by atoms with van der Waals surface area (Å²) in [5.41, 5.74) is 1.08. The lowest BCUT2D eigenvalue weighted by molar-refractivity contribution is -0.124. The summed E-state index contributed by atoms with van der Waals surface area (Å²) in [7, 11) is 1.74. The van der Waals surface area contributed by atoms with E-state index in [1.807, 2.05) is 0 Å². The van der Waals surface area contributed by atoms with Crippen LogP contribution in [0.25, 0.3) is 0 Å². The Morgan fingerprint density at radius 1 is 1.60 bits per heavy atom. The van der Waals surface area contributed by atoms with Crippen LogP contribution in [0.4, 0.5) is 0 Å². The van der Waals surface area contributed by atoms with Gasteiger partial charge in [-0.1, -0.05) is 0 Å². The molecule has 1 fully saturated rings. The molecule has 2 rings (SSSR count). The zero-order valence-electron chi connectivity index (χ0n) is 11.7. The van der Waals surface area contributed by atoms with Crippen LogP contribution in [0.15, 0.2) is 6.20 Å². The highest BCUT2D eigenvalue weighted by molar-refractivity contribution is 5.92. The van der Waals surface area contributed by atoms with E-state index in [2.05, 4.69) is 10.4 Å². The number of nitrogens with one attached hydrogen (secondary N) is 1. The minimum Gasteiger partial charge on any atom is -0.452 e. The number of nitrogens with zero attached hydrogens (tertiary/aromatic N) is 2. The van der Waals surface area contributed by atoms with Gasteiger partial charge in [0.1, 0.15) is 5.56 Å². The molecule has 20 heavy (non-hydrogen) atoms. The molecule has 0 radical (unpaired) electrons. The SMILES string of the molecule is Cc1c(C(=O)OCC(=O)NCC2CCCO2)cnn1C. The molecule has 1 aliphatic heterocycles. The number of amides is 1. The third-order valence-corrected chi connectivity index (χ3v) is 3.34. The Balaban J connectivity index is 1.72. The molecule has 7 heteroatoms. The Bertz CT molecular complexity index is 492. The number of hydrogen-bond donors (Lipinski definition) is 1. The molecular formula is C13H19N3O4. The van der Waals surface area contributed by atoms with Crippen LogP contribution >= 0.6 is 0 Å². The normalized spacial score (nSPS) is 18.0. The van der Waals surface area contributed by atoms with Gasteiger partial charge in [-0.25, -0.2) is 4.79 Å². The van der Waals surface area contributed by atoms with E-state index in [-0.39, 0.29) is 18.6 Å². The lowest BCUT2D eigenvalue weighted by Gasteiger charge is -2.10. The molecule has 1 aliphatic rings. The predicted molar refractivity (Wildman–Crippen MR) is 70.2 cm³/mol. The Morgan fingerprint density at radius 2 is 2.40 bits per heavy atom. The van der Waals surface area contributed by atoms with Crippen LogP contribution < -0.4 is 5.32 Å². The smallest absolute Gasteiger partial charge is 0.342 e. The van der Waals surface area contributed by atoms with Crippen molar-refractivity contribution in [2.75, 3.05) is 19.8 Å². The van der Waals surface area contributed by atoms with Crippen molar-refractivity contribution in [2.24, 2.45) is 7.05 Å². The summed E-state index contributed by atoms with van der Waals surface area (Å²) in [5.74, 6) is -0.863. The lowest BCUT2D eigenvalue weighted by Crippen LogP contribution is -2.34. The van der Waals surface area contributed by atoms with Gasteiger partial charge in [-0.15, -0.1) is 0 Å². The largest absolute Gasteiger partial charge is 0.452 e. The van der Waals surface area contributed by atoms with Gasteiger partial charge in [0.25, 0.3) is 5.91 Å². The molecule has 0 saturated carbocycles. The molecule has 1 N–H and O–H groups in total. The van der Waals surface area contributed by atoms with E-state index in [9.17, 15) is 9.59 Å². The van der Waals surface area contributed by atoms with E-state index in [1.54, 1.807) is 18.7 Å². The van der Waals surface area contributed by atoms with Gasteiger partial charge in [0.2, 0.25) is 0 Å². The third kappa shape index (κ3) is 3.57. The van der Waals surface area contributed by atoms with Crippen molar-refractivity contribution in [3.8, 4) is 0 Å². The van der Waals surface area contributed by atoms with E-state index in [1.165, 1.54) is 6.20 Å². The molecule has 0 bridgehead atoms. The molecule has 0 spiro atoms. The highest BCUT2D eigenvalue weighted by Crippen LogP contribution is 2.10. The molecule has 2 heterocycles. The fraction of sp³-hybridized carbons (Fsp3) is 0.615. The second kappa shape index (κ2) is 6.51. The van der Waals surface area contributed by atoms with Crippen molar-refractivity contribution in [3.05, 3.63) is 17.5 Å². The van der Waals surface area contributed by atoms with Crippen LogP contribution in [0.5, 0.6) is 0 Å². The molecule has 1 aromatic rings. The molecular weight excluding hydrogens is 262 g/mol. The Labute approximate surface area is 117 Å². The fourth-order valence-electron chi connectivity index (χ4n) is 1.99. The number of aryl methyl sites for hydroxylation is 1. The van der Waals surface area contributed by atoms with Gasteiger partial charge in [0, 0.05) is 25.9 Å². The van der Waals surface area contributed by atoms with E-state index < -0.39 is 5.97 Å². The second-order valence-corrected chi connectivity index (χ2v) is 4.78.